The summed E-state index contributed by atoms with van der Waals surface area (Å²) in [5.74, 6) is -1.26. The van der Waals surface area contributed by atoms with Gasteiger partial charge in [-0.05, 0) is 24.6 Å². The number of amides is 1. The Kier molecular flexibility index (Phi) is 3.74. The third-order valence-corrected chi connectivity index (χ3v) is 2.67. The van der Waals surface area contributed by atoms with Crippen LogP contribution in [0.15, 0.2) is 34.9 Å². The number of rotatable bonds is 4. The summed E-state index contributed by atoms with van der Waals surface area (Å²) in [4.78, 5) is 22.7. The summed E-state index contributed by atoms with van der Waals surface area (Å²) < 4.78 is 10.1. The molecule has 0 aliphatic rings. The van der Waals surface area contributed by atoms with Crippen molar-refractivity contribution in [2.24, 2.45) is 0 Å². The van der Waals surface area contributed by atoms with E-state index in [1.165, 1.54) is 13.2 Å². The molecule has 2 N–H and O–H groups in total. The number of carboxylic acids is 1. The van der Waals surface area contributed by atoms with Crippen molar-refractivity contribution in [2.75, 3.05) is 12.4 Å². The molecule has 0 fully saturated rings. The molecule has 0 unspecified atom stereocenters. The van der Waals surface area contributed by atoms with Crippen LogP contribution in [0.3, 0.4) is 0 Å². The number of anilines is 1. The average molecular weight is 275 g/mol. The number of methoxy groups -OCH3 is 1. The standard InChI is InChI=1S/C14H13NO5/c1-8-3-4-11(19-2)10(5-8)15-13(16)12-6-9(7-20-12)14(17)18/h3-7H,1-2H3,(H,15,16)(H,17,18). The number of hydrogen-bond acceptors (Lipinski definition) is 4. The lowest BCUT2D eigenvalue weighted by molar-refractivity contribution is 0.0696. The summed E-state index contributed by atoms with van der Waals surface area (Å²) >= 11 is 0. The highest BCUT2D eigenvalue weighted by atomic mass is 16.5. The molecule has 1 heterocycles. The van der Waals surface area contributed by atoms with Gasteiger partial charge in [-0.2, -0.15) is 0 Å². The lowest BCUT2D eigenvalue weighted by Crippen LogP contribution is -2.12. The van der Waals surface area contributed by atoms with Crippen LogP contribution in [0, 0.1) is 6.92 Å². The molecule has 0 aliphatic heterocycles. The van der Waals surface area contributed by atoms with Crippen molar-refractivity contribution in [3.63, 3.8) is 0 Å². The molecule has 20 heavy (non-hydrogen) atoms. The smallest absolute Gasteiger partial charge is 0.338 e. The van der Waals surface area contributed by atoms with Crippen LogP contribution in [0.1, 0.15) is 26.5 Å². The van der Waals surface area contributed by atoms with E-state index < -0.39 is 11.9 Å². The van der Waals surface area contributed by atoms with Crippen LogP contribution in [0.5, 0.6) is 5.75 Å². The Morgan fingerprint density at radius 1 is 1.30 bits per heavy atom. The highest BCUT2D eigenvalue weighted by molar-refractivity contribution is 6.04. The number of ether oxygens (including phenoxy) is 1. The third-order valence-electron chi connectivity index (χ3n) is 2.67. The zero-order valence-electron chi connectivity index (χ0n) is 11.0. The van der Waals surface area contributed by atoms with Crippen molar-refractivity contribution in [1.29, 1.82) is 0 Å². The minimum atomic E-state index is -1.15. The van der Waals surface area contributed by atoms with E-state index in [1.807, 2.05) is 13.0 Å². The fourth-order valence-electron chi connectivity index (χ4n) is 1.67. The van der Waals surface area contributed by atoms with Gasteiger partial charge in [-0.25, -0.2) is 4.79 Å². The molecule has 104 valence electrons. The Labute approximate surface area is 115 Å². The average Bonchev–Trinajstić information content (AvgIpc) is 2.89. The number of carbonyl (C=O) groups excluding carboxylic acids is 1. The number of aromatic carboxylic acids is 1. The fraction of sp³-hybridized carbons (Fsp3) is 0.143. The van der Waals surface area contributed by atoms with Gasteiger partial charge in [0.05, 0.1) is 18.4 Å². The van der Waals surface area contributed by atoms with Crippen LogP contribution in [-0.4, -0.2) is 24.1 Å². The Hall–Kier alpha value is -2.76. The quantitative estimate of drug-likeness (QED) is 0.895. The van der Waals surface area contributed by atoms with Gasteiger partial charge in [0, 0.05) is 6.07 Å². The van der Waals surface area contributed by atoms with Gasteiger partial charge < -0.3 is 19.6 Å². The molecule has 0 aliphatic carbocycles. The maximum atomic E-state index is 12.0. The Morgan fingerprint density at radius 3 is 2.65 bits per heavy atom. The van der Waals surface area contributed by atoms with E-state index in [0.29, 0.717) is 11.4 Å². The fourth-order valence-corrected chi connectivity index (χ4v) is 1.67. The molecule has 6 heteroatoms. The first kappa shape index (κ1) is 13.7. The van der Waals surface area contributed by atoms with Crippen LogP contribution < -0.4 is 10.1 Å². The number of hydrogen-bond donors (Lipinski definition) is 2. The van der Waals surface area contributed by atoms with E-state index in [-0.39, 0.29) is 11.3 Å². The molecule has 0 radical (unpaired) electrons. The molecular weight excluding hydrogens is 262 g/mol. The number of nitrogens with one attached hydrogen (secondary N) is 1. The zero-order valence-corrected chi connectivity index (χ0v) is 11.0. The van der Waals surface area contributed by atoms with Crippen molar-refractivity contribution in [3.05, 3.63) is 47.4 Å². The minimum absolute atomic E-state index is 0.0774. The normalized spacial score (nSPS) is 10.1. The summed E-state index contributed by atoms with van der Waals surface area (Å²) in [7, 11) is 1.50. The first-order valence-electron chi connectivity index (χ1n) is 5.79. The maximum Gasteiger partial charge on any atom is 0.338 e. The van der Waals surface area contributed by atoms with Gasteiger partial charge in [-0.3, -0.25) is 4.79 Å². The molecule has 0 bridgehead atoms. The van der Waals surface area contributed by atoms with Gasteiger partial charge in [0.1, 0.15) is 12.0 Å². The highest BCUT2D eigenvalue weighted by Gasteiger charge is 2.16. The van der Waals surface area contributed by atoms with Crippen molar-refractivity contribution in [1.82, 2.24) is 0 Å². The predicted molar refractivity (Wildman–Crippen MR) is 71.4 cm³/mol. The second-order valence-corrected chi connectivity index (χ2v) is 4.16. The summed E-state index contributed by atoms with van der Waals surface area (Å²) in [6.45, 7) is 1.88. The van der Waals surface area contributed by atoms with Crippen LogP contribution in [0.4, 0.5) is 5.69 Å². The number of furan rings is 1. The van der Waals surface area contributed by atoms with E-state index in [1.54, 1.807) is 12.1 Å². The predicted octanol–water partition coefficient (Wildman–Crippen LogP) is 2.55. The van der Waals surface area contributed by atoms with Crippen LogP contribution in [0.2, 0.25) is 0 Å². The van der Waals surface area contributed by atoms with E-state index in [0.717, 1.165) is 11.8 Å². The van der Waals surface area contributed by atoms with E-state index >= 15 is 0 Å². The molecule has 0 spiro atoms. The molecule has 2 rings (SSSR count). The highest BCUT2D eigenvalue weighted by Crippen LogP contribution is 2.25. The van der Waals surface area contributed by atoms with Gasteiger partial charge >= 0.3 is 5.97 Å². The second-order valence-electron chi connectivity index (χ2n) is 4.16. The summed E-state index contributed by atoms with van der Waals surface area (Å²) in [5, 5.41) is 11.4. The molecule has 6 nitrogen and oxygen atoms in total. The summed E-state index contributed by atoms with van der Waals surface area (Å²) in [5.41, 5.74) is 1.36. The van der Waals surface area contributed by atoms with E-state index in [9.17, 15) is 9.59 Å². The van der Waals surface area contributed by atoms with Crippen molar-refractivity contribution < 1.29 is 23.8 Å². The number of benzene rings is 1. The first-order chi connectivity index (χ1) is 9.51. The maximum absolute atomic E-state index is 12.0. The minimum Gasteiger partial charge on any atom is -0.495 e. The lowest BCUT2D eigenvalue weighted by Gasteiger charge is -2.09. The van der Waals surface area contributed by atoms with Gasteiger partial charge in [-0.15, -0.1) is 0 Å². The lowest BCUT2D eigenvalue weighted by atomic mass is 10.2. The molecule has 1 aromatic carbocycles. The Morgan fingerprint density at radius 2 is 2.05 bits per heavy atom. The molecule has 0 saturated heterocycles. The van der Waals surface area contributed by atoms with E-state index in [4.69, 9.17) is 14.3 Å². The number of carbonyl (C=O) groups is 2. The Bertz CT molecular complexity index is 659. The SMILES string of the molecule is COc1ccc(C)cc1NC(=O)c1cc(C(=O)O)co1. The largest absolute Gasteiger partial charge is 0.495 e. The van der Waals surface area contributed by atoms with Crippen LogP contribution in [0.25, 0.3) is 0 Å². The van der Waals surface area contributed by atoms with Gasteiger partial charge in [-0.1, -0.05) is 6.07 Å². The van der Waals surface area contributed by atoms with Crippen molar-refractivity contribution in [3.8, 4) is 5.75 Å². The summed E-state index contributed by atoms with van der Waals surface area (Å²) in [6.07, 6.45) is 1.02. The third kappa shape index (κ3) is 2.80. The number of carboxylic acid groups (broad SMARTS) is 1. The molecular formula is C14H13NO5. The summed E-state index contributed by atoms with van der Waals surface area (Å²) in [6, 6.07) is 6.50. The zero-order chi connectivity index (χ0) is 14.7. The number of aryl methyl sites for hydroxylation is 1. The van der Waals surface area contributed by atoms with Crippen LogP contribution in [-0.2, 0) is 0 Å². The second kappa shape index (κ2) is 5.48. The van der Waals surface area contributed by atoms with Crippen LogP contribution >= 0.6 is 0 Å². The van der Waals surface area contributed by atoms with Gasteiger partial charge in [0.15, 0.2) is 5.76 Å². The molecule has 2 aromatic rings. The molecule has 1 amide bonds. The van der Waals surface area contributed by atoms with Crippen molar-refractivity contribution >= 4 is 17.6 Å². The van der Waals surface area contributed by atoms with E-state index in [2.05, 4.69) is 5.32 Å². The molecule has 1 aromatic heterocycles. The molecule has 0 atom stereocenters. The topological polar surface area (TPSA) is 88.8 Å². The monoisotopic (exact) mass is 275 g/mol. The van der Waals surface area contributed by atoms with Crippen molar-refractivity contribution in [2.45, 2.75) is 6.92 Å². The van der Waals surface area contributed by atoms with Gasteiger partial charge in [0.2, 0.25) is 0 Å². The Balaban J connectivity index is 2.22. The van der Waals surface area contributed by atoms with Gasteiger partial charge in [0.25, 0.3) is 5.91 Å². The molecule has 0 saturated carbocycles. The first-order valence-corrected chi connectivity index (χ1v) is 5.79.